The lowest BCUT2D eigenvalue weighted by Crippen LogP contribution is -2.37. The van der Waals surface area contributed by atoms with Gasteiger partial charge >= 0.3 is 0 Å². The number of halogens is 2. The molecule has 2 aromatic rings. The van der Waals surface area contributed by atoms with Gasteiger partial charge < -0.3 is 15.5 Å². The van der Waals surface area contributed by atoms with Crippen molar-refractivity contribution in [3.63, 3.8) is 0 Å². The average molecular weight is 402 g/mol. The molecule has 1 amide bonds. The Morgan fingerprint density at radius 1 is 1.14 bits per heavy atom. The van der Waals surface area contributed by atoms with Crippen LogP contribution in [0.15, 0.2) is 55.6 Å². The fraction of sp³-hybridized carbons (Fsp3) is 0.136. The van der Waals surface area contributed by atoms with Crippen molar-refractivity contribution in [1.82, 2.24) is 5.32 Å². The van der Waals surface area contributed by atoms with Gasteiger partial charge in [0.2, 0.25) is 5.91 Å². The normalized spacial score (nSPS) is 13.1. The molecule has 0 aliphatic carbocycles. The van der Waals surface area contributed by atoms with Crippen molar-refractivity contribution in [3.05, 3.63) is 88.7 Å². The number of aliphatic hydroxyl groups excluding tert-OH is 2. The van der Waals surface area contributed by atoms with Crippen LogP contribution in [-0.2, 0) is 4.79 Å². The second-order valence-corrected chi connectivity index (χ2v) is 6.47. The molecule has 6 heteroatoms. The summed E-state index contributed by atoms with van der Waals surface area (Å²) in [5.41, 5.74) is 2.40. The number of carbonyl (C=O) groups excluding carboxylic acids is 1. The van der Waals surface area contributed by atoms with Crippen molar-refractivity contribution in [2.75, 3.05) is 6.61 Å². The van der Waals surface area contributed by atoms with E-state index in [1.807, 2.05) is 0 Å². The third-order valence-electron chi connectivity index (χ3n) is 4.16. The Kier molecular flexibility index (Phi) is 7.70. The number of rotatable bonds is 8. The standard InChI is InChI=1S/C22H21ClFNO3/c1-3-14-5-6-17(11-15(14)4-2)22(20(27)13-26)25-21(28)10-8-16-7-9-18(23)12-19(16)24/h3-12,20,22,26-27H,1-2,13H2,(H,25,28)/b10-8+. The van der Waals surface area contributed by atoms with E-state index in [4.69, 9.17) is 11.6 Å². The molecule has 4 nitrogen and oxygen atoms in total. The summed E-state index contributed by atoms with van der Waals surface area (Å²) in [6.07, 6.45) is 4.53. The van der Waals surface area contributed by atoms with E-state index in [1.165, 1.54) is 18.2 Å². The molecule has 2 atom stereocenters. The molecule has 0 saturated carbocycles. The summed E-state index contributed by atoms with van der Waals surface area (Å²) in [5, 5.41) is 22.4. The molecule has 2 unspecified atom stereocenters. The molecule has 3 N–H and O–H groups in total. The number of aliphatic hydroxyl groups is 2. The van der Waals surface area contributed by atoms with E-state index in [0.717, 1.165) is 23.3 Å². The van der Waals surface area contributed by atoms with Crippen LogP contribution in [0.5, 0.6) is 0 Å². The van der Waals surface area contributed by atoms with E-state index in [0.29, 0.717) is 5.56 Å². The first-order chi connectivity index (χ1) is 13.4. The van der Waals surface area contributed by atoms with Crippen molar-refractivity contribution in [3.8, 4) is 0 Å². The Balaban J connectivity index is 2.24. The van der Waals surface area contributed by atoms with Crippen molar-refractivity contribution in [2.24, 2.45) is 0 Å². The highest BCUT2D eigenvalue weighted by atomic mass is 35.5. The van der Waals surface area contributed by atoms with Crippen LogP contribution >= 0.6 is 11.6 Å². The molecule has 0 fully saturated rings. The van der Waals surface area contributed by atoms with Crippen LogP contribution < -0.4 is 5.32 Å². The van der Waals surface area contributed by atoms with E-state index in [9.17, 15) is 19.4 Å². The molecule has 2 aromatic carbocycles. The lowest BCUT2D eigenvalue weighted by atomic mass is 9.96. The number of amides is 1. The summed E-state index contributed by atoms with van der Waals surface area (Å²) in [6, 6.07) is 8.49. The zero-order valence-electron chi connectivity index (χ0n) is 15.1. The van der Waals surface area contributed by atoms with Gasteiger partial charge in [0.25, 0.3) is 0 Å². The van der Waals surface area contributed by atoms with Crippen LogP contribution in [-0.4, -0.2) is 28.8 Å². The van der Waals surface area contributed by atoms with Crippen molar-refractivity contribution in [2.45, 2.75) is 12.1 Å². The highest BCUT2D eigenvalue weighted by Gasteiger charge is 2.22. The van der Waals surface area contributed by atoms with Gasteiger partial charge in [0.05, 0.1) is 12.6 Å². The van der Waals surface area contributed by atoms with Gasteiger partial charge in [-0.15, -0.1) is 0 Å². The minimum atomic E-state index is -1.23. The molecule has 0 saturated heterocycles. The fourth-order valence-electron chi connectivity index (χ4n) is 2.66. The number of carbonyl (C=O) groups is 1. The van der Waals surface area contributed by atoms with E-state index in [2.05, 4.69) is 18.5 Å². The van der Waals surface area contributed by atoms with Gasteiger partial charge in [-0.2, -0.15) is 0 Å². The molecule has 0 radical (unpaired) electrons. The minimum Gasteiger partial charge on any atom is -0.394 e. The number of hydrogen-bond donors (Lipinski definition) is 3. The second-order valence-electron chi connectivity index (χ2n) is 6.03. The predicted octanol–water partition coefficient (Wildman–Crippen LogP) is 3.99. The molecule has 0 aliphatic rings. The van der Waals surface area contributed by atoms with E-state index in [-0.39, 0.29) is 10.6 Å². The van der Waals surface area contributed by atoms with Crippen LogP contribution in [0.4, 0.5) is 4.39 Å². The molecular formula is C22H21ClFNO3. The van der Waals surface area contributed by atoms with Gasteiger partial charge in [-0.1, -0.05) is 55.1 Å². The zero-order valence-corrected chi connectivity index (χ0v) is 15.9. The van der Waals surface area contributed by atoms with Crippen LogP contribution in [0.2, 0.25) is 5.02 Å². The quantitative estimate of drug-likeness (QED) is 0.586. The lowest BCUT2D eigenvalue weighted by molar-refractivity contribution is -0.118. The molecule has 0 spiro atoms. The minimum absolute atomic E-state index is 0.197. The third-order valence-corrected chi connectivity index (χ3v) is 4.39. The predicted molar refractivity (Wildman–Crippen MR) is 111 cm³/mol. The molecule has 0 heterocycles. The average Bonchev–Trinajstić information content (AvgIpc) is 2.70. The van der Waals surface area contributed by atoms with Crippen LogP contribution in [0.3, 0.4) is 0 Å². The van der Waals surface area contributed by atoms with Crippen molar-refractivity contribution in [1.29, 1.82) is 0 Å². The highest BCUT2D eigenvalue weighted by Crippen LogP contribution is 2.23. The number of hydrogen-bond acceptors (Lipinski definition) is 3. The van der Waals surface area contributed by atoms with Crippen LogP contribution in [0, 0.1) is 5.82 Å². The van der Waals surface area contributed by atoms with Crippen LogP contribution in [0.25, 0.3) is 18.2 Å². The summed E-state index contributed by atoms with van der Waals surface area (Å²) in [7, 11) is 0. The fourth-order valence-corrected chi connectivity index (χ4v) is 2.82. The topological polar surface area (TPSA) is 69.6 Å². The van der Waals surface area contributed by atoms with Crippen molar-refractivity contribution >= 4 is 35.7 Å². The van der Waals surface area contributed by atoms with E-state index < -0.39 is 30.5 Å². The lowest BCUT2D eigenvalue weighted by Gasteiger charge is -2.23. The summed E-state index contributed by atoms with van der Waals surface area (Å²) >= 11 is 5.71. The molecule has 146 valence electrons. The van der Waals surface area contributed by atoms with Gasteiger partial charge in [-0.25, -0.2) is 4.39 Å². The molecule has 0 bridgehead atoms. The largest absolute Gasteiger partial charge is 0.394 e. The first kappa shape index (κ1) is 21.6. The molecule has 28 heavy (non-hydrogen) atoms. The number of benzene rings is 2. The number of nitrogens with one attached hydrogen (secondary N) is 1. The second kappa shape index (κ2) is 9.99. The molecule has 0 aliphatic heterocycles. The smallest absolute Gasteiger partial charge is 0.244 e. The molecule has 2 rings (SSSR count). The van der Waals surface area contributed by atoms with Gasteiger partial charge in [0.15, 0.2) is 0 Å². The van der Waals surface area contributed by atoms with Gasteiger partial charge in [0, 0.05) is 16.7 Å². The highest BCUT2D eigenvalue weighted by molar-refractivity contribution is 6.30. The van der Waals surface area contributed by atoms with Gasteiger partial charge in [-0.3, -0.25) is 4.79 Å². The molecule has 0 aromatic heterocycles. The van der Waals surface area contributed by atoms with E-state index in [1.54, 1.807) is 30.4 Å². The van der Waals surface area contributed by atoms with E-state index >= 15 is 0 Å². The van der Waals surface area contributed by atoms with Gasteiger partial charge in [-0.05, 0) is 41.0 Å². The van der Waals surface area contributed by atoms with Crippen LogP contribution in [0.1, 0.15) is 28.3 Å². The molecular weight excluding hydrogens is 381 g/mol. The summed E-state index contributed by atoms with van der Waals surface area (Å²) in [6.45, 7) is 6.92. The Hall–Kier alpha value is -2.73. The maximum absolute atomic E-state index is 13.8. The van der Waals surface area contributed by atoms with Crippen molar-refractivity contribution < 1.29 is 19.4 Å². The summed E-state index contributed by atoms with van der Waals surface area (Å²) in [5.74, 6) is -1.11. The first-order valence-electron chi connectivity index (χ1n) is 8.51. The summed E-state index contributed by atoms with van der Waals surface area (Å²) in [4.78, 5) is 12.3. The van der Waals surface area contributed by atoms with Gasteiger partial charge in [0.1, 0.15) is 11.9 Å². The Labute approximate surface area is 168 Å². The SMILES string of the molecule is C=Cc1ccc(C(NC(=O)/C=C/c2ccc(Cl)cc2F)C(O)CO)cc1C=C. The maximum Gasteiger partial charge on any atom is 0.244 e. The maximum atomic E-state index is 13.8. The first-order valence-corrected chi connectivity index (χ1v) is 8.88. The summed E-state index contributed by atoms with van der Waals surface area (Å²) < 4.78 is 13.8. The third kappa shape index (κ3) is 5.39. The Morgan fingerprint density at radius 3 is 2.43 bits per heavy atom. The Morgan fingerprint density at radius 2 is 1.82 bits per heavy atom. The monoisotopic (exact) mass is 401 g/mol. The Bertz CT molecular complexity index is 911. The zero-order chi connectivity index (χ0) is 20.7.